The van der Waals surface area contributed by atoms with Crippen molar-refractivity contribution in [2.45, 2.75) is 18.6 Å². The number of carboxylic acids is 1. The first-order valence-corrected chi connectivity index (χ1v) is 7.77. The van der Waals surface area contributed by atoms with Gasteiger partial charge >= 0.3 is 12.6 Å². The minimum atomic E-state index is -3.01. The summed E-state index contributed by atoms with van der Waals surface area (Å²) in [4.78, 5) is 11.1. The average Bonchev–Trinajstić information content (AvgIpc) is 3.13. The van der Waals surface area contributed by atoms with Crippen LogP contribution in [-0.4, -0.2) is 23.8 Å². The zero-order valence-corrected chi connectivity index (χ0v) is 13.2. The van der Waals surface area contributed by atoms with Crippen LogP contribution in [0.2, 0.25) is 5.02 Å². The Labute approximate surface area is 145 Å². The quantitative estimate of drug-likeness (QED) is 0.852. The van der Waals surface area contributed by atoms with Crippen molar-refractivity contribution < 1.29 is 32.9 Å². The first kappa shape index (κ1) is 16.0. The predicted octanol–water partition coefficient (Wildman–Crippen LogP) is 4.29. The summed E-state index contributed by atoms with van der Waals surface area (Å²) in [6.45, 7) is -3.01. The van der Waals surface area contributed by atoms with Crippen molar-refractivity contribution in [3.8, 4) is 23.0 Å². The molecule has 3 unspecified atom stereocenters. The molecule has 1 aliphatic heterocycles. The number of aliphatic carboxylic acids is 1. The molecule has 2 aromatic rings. The highest BCUT2D eigenvalue weighted by Gasteiger charge is 2.63. The lowest BCUT2D eigenvalue weighted by atomic mass is 10.1. The molecule has 1 N–H and O–H groups in total. The second-order valence-corrected chi connectivity index (χ2v) is 6.18. The average molecular weight is 369 g/mol. The van der Waals surface area contributed by atoms with Crippen molar-refractivity contribution in [2.75, 3.05) is 0 Å². The van der Waals surface area contributed by atoms with Crippen LogP contribution in [0.1, 0.15) is 11.5 Å². The molecule has 5 nitrogen and oxygen atoms in total. The van der Waals surface area contributed by atoms with Crippen LogP contribution in [0.3, 0.4) is 0 Å². The third kappa shape index (κ3) is 2.84. The lowest BCUT2D eigenvalue weighted by molar-refractivity contribution is -0.139. The molecule has 1 aliphatic carbocycles. The first-order valence-electron chi connectivity index (χ1n) is 7.39. The summed E-state index contributed by atoms with van der Waals surface area (Å²) in [5, 5.41) is 9.30. The van der Waals surface area contributed by atoms with Crippen LogP contribution in [0.4, 0.5) is 8.78 Å². The van der Waals surface area contributed by atoms with Gasteiger partial charge in [0.1, 0.15) is 23.5 Å². The van der Waals surface area contributed by atoms with E-state index in [-0.39, 0.29) is 28.5 Å². The van der Waals surface area contributed by atoms with Gasteiger partial charge in [0, 0.05) is 28.6 Å². The second-order valence-electron chi connectivity index (χ2n) is 5.74. The number of rotatable bonds is 5. The summed E-state index contributed by atoms with van der Waals surface area (Å²) in [7, 11) is 0. The van der Waals surface area contributed by atoms with E-state index in [0.29, 0.717) is 11.5 Å². The van der Waals surface area contributed by atoms with Crippen molar-refractivity contribution >= 4 is 17.6 Å². The van der Waals surface area contributed by atoms with E-state index in [4.69, 9.17) is 26.2 Å². The number of alkyl halides is 2. The Kier molecular flexibility index (Phi) is 3.68. The maximum Gasteiger partial charge on any atom is 0.387 e. The lowest BCUT2D eigenvalue weighted by Gasteiger charge is -2.13. The minimum absolute atomic E-state index is 0.0798. The van der Waals surface area contributed by atoms with Crippen LogP contribution in [0.5, 0.6) is 23.0 Å². The van der Waals surface area contributed by atoms with Crippen LogP contribution >= 0.6 is 11.6 Å². The molecule has 2 aromatic carbocycles. The third-order valence-electron chi connectivity index (χ3n) is 4.20. The molecule has 0 aromatic heterocycles. The molecule has 130 valence electrons. The molecule has 2 aliphatic rings. The van der Waals surface area contributed by atoms with Gasteiger partial charge in [-0.25, -0.2) is 0 Å². The number of benzene rings is 2. The molecule has 4 rings (SSSR count). The normalized spacial score (nSPS) is 22.8. The Morgan fingerprint density at radius 2 is 2.00 bits per heavy atom. The maximum atomic E-state index is 12.5. The fourth-order valence-corrected chi connectivity index (χ4v) is 3.24. The Morgan fingerprint density at radius 3 is 2.72 bits per heavy atom. The topological polar surface area (TPSA) is 65.0 Å². The second kappa shape index (κ2) is 5.77. The Hall–Kier alpha value is -2.54. The van der Waals surface area contributed by atoms with Crippen LogP contribution < -0.4 is 14.2 Å². The SMILES string of the molecule is O=C(O)C1C2Oc3cc(Oc4ccc(Cl)cc4OC(F)F)ccc3C21. The molecule has 0 amide bonds. The number of ether oxygens (including phenoxy) is 3. The maximum absolute atomic E-state index is 12.5. The van der Waals surface area contributed by atoms with E-state index in [2.05, 4.69) is 4.74 Å². The summed E-state index contributed by atoms with van der Waals surface area (Å²) in [5.74, 6) is -0.745. The van der Waals surface area contributed by atoms with Crippen molar-refractivity contribution in [3.63, 3.8) is 0 Å². The van der Waals surface area contributed by atoms with Crippen molar-refractivity contribution in [2.24, 2.45) is 5.92 Å². The largest absolute Gasteiger partial charge is 0.488 e. The molecular formula is C17H11ClF2O5. The van der Waals surface area contributed by atoms with Gasteiger partial charge in [-0.15, -0.1) is 0 Å². The number of hydrogen-bond acceptors (Lipinski definition) is 4. The number of hydrogen-bond donors (Lipinski definition) is 1. The molecule has 8 heteroatoms. The highest BCUT2D eigenvalue weighted by Crippen LogP contribution is 2.59. The van der Waals surface area contributed by atoms with E-state index in [1.807, 2.05) is 0 Å². The fraction of sp³-hybridized carbons (Fsp3) is 0.235. The smallest absolute Gasteiger partial charge is 0.387 e. The van der Waals surface area contributed by atoms with E-state index in [9.17, 15) is 13.6 Å². The van der Waals surface area contributed by atoms with Gasteiger partial charge in [0.05, 0.1) is 0 Å². The Morgan fingerprint density at radius 1 is 1.20 bits per heavy atom. The van der Waals surface area contributed by atoms with Crippen molar-refractivity contribution in [3.05, 3.63) is 47.0 Å². The van der Waals surface area contributed by atoms with E-state index in [0.717, 1.165) is 5.56 Å². The summed E-state index contributed by atoms with van der Waals surface area (Å²) in [5.41, 5.74) is 0.810. The zero-order valence-electron chi connectivity index (χ0n) is 12.5. The first-order chi connectivity index (χ1) is 11.9. The van der Waals surface area contributed by atoms with Crippen LogP contribution in [-0.2, 0) is 4.79 Å². The van der Waals surface area contributed by atoms with E-state index >= 15 is 0 Å². The molecule has 25 heavy (non-hydrogen) atoms. The minimum Gasteiger partial charge on any atom is -0.488 e. The van der Waals surface area contributed by atoms with E-state index in [1.165, 1.54) is 18.2 Å². The molecule has 0 spiro atoms. The number of halogens is 3. The number of fused-ring (bicyclic) bond motifs is 3. The van der Waals surface area contributed by atoms with Crippen molar-refractivity contribution in [1.29, 1.82) is 0 Å². The standard InChI is InChI=1S/C17H11ClF2O5/c18-7-1-4-10(12(5-7)25-17(19)20)23-8-2-3-9-11(6-8)24-15-13(9)14(15)16(21)22/h1-6,13-15,17H,(H,21,22). The van der Waals surface area contributed by atoms with Gasteiger partial charge in [0.2, 0.25) is 0 Å². The molecule has 1 heterocycles. The highest BCUT2D eigenvalue weighted by molar-refractivity contribution is 6.30. The molecule has 3 atom stereocenters. The molecule has 0 bridgehead atoms. The number of carbonyl (C=O) groups is 1. The van der Waals surface area contributed by atoms with Gasteiger partial charge < -0.3 is 19.3 Å². The summed E-state index contributed by atoms with van der Waals surface area (Å²) >= 11 is 5.79. The van der Waals surface area contributed by atoms with Crippen LogP contribution in [0.25, 0.3) is 0 Å². The summed E-state index contributed by atoms with van der Waals surface area (Å²) in [6, 6.07) is 9.10. The number of carboxylic acid groups (broad SMARTS) is 1. The molecule has 0 saturated heterocycles. The molecule has 0 radical (unpaired) electrons. The Bertz CT molecular complexity index is 857. The van der Waals surface area contributed by atoms with Gasteiger partial charge in [-0.1, -0.05) is 17.7 Å². The van der Waals surface area contributed by atoms with Crippen LogP contribution in [0.15, 0.2) is 36.4 Å². The van der Waals surface area contributed by atoms with Crippen molar-refractivity contribution in [1.82, 2.24) is 0 Å². The van der Waals surface area contributed by atoms with Gasteiger partial charge in [-0.05, 0) is 18.2 Å². The van der Waals surface area contributed by atoms with Gasteiger partial charge in [-0.2, -0.15) is 8.78 Å². The molecular weight excluding hydrogens is 358 g/mol. The summed E-state index contributed by atoms with van der Waals surface area (Å²) in [6.07, 6.45) is -0.351. The molecule has 1 saturated carbocycles. The summed E-state index contributed by atoms with van der Waals surface area (Å²) < 4.78 is 40.7. The third-order valence-corrected chi connectivity index (χ3v) is 4.43. The van der Waals surface area contributed by atoms with E-state index in [1.54, 1.807) is 18.2 Å². The highest BCUT2D eigenvalue weighted by atomic mass is 35.5. The zero-order chi connectivity index (χ0) is 17.7. The van der Waals surface area contributed by atoms with Gasteiger partial charge in [0.25, 0.3) is 0 Å². The van der Waals surface area contributed by atoms with E-state index < -0.39 is 18.5 Å². The van der Waals surface area contributed by atoms with Gasteiger partial charge in [-0.3, -0.25) is 4.79 Å². The monoisotopic (exact) mass is 368 g/mol. The molecule has 1 fully saturated rings. The Balaban J connectivity index is 1.57. The van der Waals surface area contributed by atoms with Gasteiger partial charge in [0.15, 0.2) is 11.5 Å². The lowest BCUT2D eigenvalue weighted by Crippen LogP contribution is -2.08. The van der Waals surface area contributed by atoms with Crippen LogP contribution in [0, 0.1) is 5.92 Å². The fourth-order valence-electron chi connectivity index (χ4n) is 3.08. The predicted molar refractivity (Wildman–Crippen MR) is 82.9 cm³/mol.